The molecule has 0 saturated heterocycles. The minimum Gasteiger partial charge on any atom is -0.395 e. The second-order valence-corrected chi connectivity index (χ2v) is 3.04. The fraction of sp³-hybridized carbons (Fsp3) is 0.556. The maximum absolute atomic E-state index is 12.4. The van der Waals surface area contributed by atoms with Crippen LogP contribution in [0.1, 0.15) is 12.1 Å². The van der Waals surface area contributed by atoms with Gasteiger partial charge in [0.1, 0.15) is 17.8 Å². The third-order valence-corrected chi connectivity index (χ3v) is 1.96. The van der Waals surface area contributed by atoms with Crippen LogP contribution in [-0.4, -0.2) is 46.5 Å². The molecule has 0 bridgehead atoms. The van der Waals surface area contributed by atoms with Crippen LogP contribution in [0.5, 0.6) is 0 Å². The number of hydrogen-bond donors (Lipinski definition) is 2. The first kappa shape index (κ1) is 12.7. The van der Waals surface area contributed by atoms with Gasteiger partial charge in [0.2, 0.25) is 0 Å². The van der Waals surface area contributed by atoms with Crippen molar-refractivity contribution in [2.75, 3.05) is 31.2 Å². The Hall–Kier alpha value is -1.34. The molecule has 0 radical (unpaired) electrons. The van der Waals surface area contributed by atoms with E-state index in [2.05, 4.69) is 9.97 Å². The minimum absolute atomic E-state index is 0.145. The summed E-state index contributed by atoms with van der Waals surface area (Å²) in [4.78, 5) is 8.75. The Morgan fingerprint density at radius 1 is 1.19 bits per heavy atom. The summed E-state index contributed by atoms with van der Waals surface area (Å²) >= 11 is 0. The third-order valence-electron chi connectivity index (χ3n) is 1.96. The lowest BCUT2D eigenvalue weighted by molar-refractivity contribution is 0.146. The Morgan fingerprint density at radius 2 is 1.81 bits per heavy atom. The summed E-state index contributed by atoms with van der Waals surface area (Å²) in [7, 11) is 0. The smallest absolute Gasteiger partial charge is 0.280 e. The van der Waals surface area contributed by atoms with Gasteiger partial charge in [-0.15, -0.1) is 0 Å². The maximum atomic E-state index is 12.4. The highest BCUT2D eigenvalue weighted by atomic mass is 19.3. The topological polar surface area (TPSA) is 69.5 Å². The summed E-state index contributed by atoms with van der Waals surface area (Å²) in [5.74, 6) is 0.272. The Labute approximate surface area is 91.4 Å². The molecule has 1 heterocycles. The molecule has 0 aliphatic heterocycles. The zero-order chi connectivity index (χ0) is 12.0. The number of hydrogen-bond acceptors (Lipinski definition) is 5. The predicted molar refractivity (Wildman–Crippen MR) is 53.4 cm³/mol. The van der Waals surface area contributed by atoms with Crippen LogP contribution in [-0.2, 0) is 0 Å². The van der Waals surface area contributed by atoms with Gasteiger partial charge in [0.05, 0.1) is 13.2 Å². The summed E-state index contributed by atoms with van der Waals surface area (Å²) in [6.45, 7) is 0.155. The number of alkyl halides is 2. The van der Waals surface area contributed by atoms with Gasteiger partial charge >= 0.3 is 0 Å². The van der Waals surface area contributed by atoms with Crippen LogP contribution in [0.25, 0.3) is 0 Å². The minimum atomic E-state index is -2.66. The second kappa shape index (κ2) is 6.29. The highest BCUT2D eigenvalue weighted by Crippen LogP contribution is 2.19. The molecule has 0 atom stereocenters. The average Bonchev–Trinajstić information content (AvgIpc) is 2.29. The zero-order valence-electron chi connectivity index (χ0n) is 8.55. The Bertz CT molecular complexity index is 319. The van der Waals surface area contributed by atoms with E-state index in [1.54, 1.807) is 0 Å². The monoisotopic (exact) mass is 233 g/mol. The van der Waals surface area contributed by atoms with Gasteiger partial charge in [-0.2, -0.15) is 0 Å². The van der Waals surface area contributed by atoms with Crippen LogP contribution >= 0.6 is 0 Å². The summed E-state index contributed by atoms with van der Waals surface area (Å²) in [5, 5.41) is 17.6. The molecular weight excluding hydrogens is 220 g/mol. The van der Waals surface area contributed by atoms with E-state index >= 15 is 0 Å². The molecule has 90 valence electrons. The summed E-state index contributed by atoms with van der Waals surface area (Å²) < 4.78 is 24.7. The van der Waals surface area contributed by atoms with E-state index in [4.69, 9.17) is 10.2 Å². The van der Waals surface area contributed by atoms with E-state index < -0.39 is 6.43 Å². The molecule has 5 nitrogen and oxygen atoms in total. The molecular formula is C9H13F2N3O2. The van der Waals surface area contributed by atoms with Crippen LogP contribution in [0, 0.1) is 0 Å². The van der Waals surface area contributed by atoms with Crippen molar-refractivity contribution in [3.8, 4) is 0 Å². The van der Waals surface area contributed by atoms with E-state index in [0.29, 0.717) is 0 Å². The molecule has 1 aromatic rings. The number of aliphatic hydroxyl groups is 2. The predicted octanol–water partition coefficient (Wildman–Crippen LogP) is 0.205. The van der Waals surface area contributed by atoms with E-state index in [9.17, 15) is 8.78 Å². The van der Waals surface area contributed by atoms with Crippen molar-refractivity contribution < 1.29 is 19.0 Å². The summed E-state index contributed by atoms with van der Waals surface area (Å²) in [6, 6.07) is 1.15. The van der Waals surface area contributed by atoms with E-state index in [-0.39, 0.29) is 37.8 Å². The van der Waals surface area contributed by atoms with E-state index in [1.165, 1.54) is 4.90 Å². The molecule has 0 fully saturated rings. The normalized spacial score (nSPS) is 10.8. The summed E-state index contributed by atoms with van der Waals surface area (Å²) in [5.41, 5.74) is -0.370. The highest BCUT2D eigenvalue weighted by molar-refractivity contribution is 5.39. The number of aliphatic hydroxyl groups excluding tert-OH is 2. The van der Waals surface area contributed by atoms with Crippen molar-refractivity contribution in [2.45, 2.75) is 6.43 Å². The Morgan fingerprint density at radius 3 is 2.31 bits per heavy atom. The van der Waals surface area contributed by atoms with Gasteiger partial charge in [0, 0.05) is 19.2 Å². The maximum Gasteiger partial charge on any atom is 0.280 e. The van der Waals surface area contributed by atoms with Crippen molar-refractivity contribution >= 4 is 5.82 Å². The number of halogens is 2. The lowest BCUT2D eigenvalue weighted by Crippen LogP contribution is -2.30. The van der Waals surface area contributed by atoms with Gasteiger partial charge in [0.25, 0.3) is 6.43 Å². The van der Waals surface area contributed by atoms with Gasteiger partial charge in [0.15, 0.2) is 0 Å². The van der Waals surface area contributed by atoms with Crippen LogP contribution < -0.4 is 4.90 Å². The quantitative estimate of drug-likeness (QED) is 0.734. The molecule has 0 aromatic carbocycles. The molecule has 0 unspecified atom stereocenters. The zero-order valence-corrected chi connectivity index (χ0v) is 8.55. The molecule has 1 rings (SSSR count). The van der Waals surface area contributed by atoms with E-state index in [1.807, 2.05) is 0 Å². The van der Waals surface area contributed by atoms with Gasteiger partial charge in [-0.3, -0.25) is 0 Å². The molecule has 0 aliphatic carbocycles. The average molecular weight is 233 g/mol. The molecule has 1 aromatic heterocycles. The summed E-state index contributed by atoms with van der Waals surface area (Å²) in [6.07, 6.45) is -1.62. The first-order valence-corrected chi connectivity index (χ1v) is 4.75. The fourth-order valence-corrected chi connectivity index (χ4v) is 1.24. The van der Waals surface area contributed by atoms with Crippen molar-refractivity contribution in [1.82, 2.24) is 9.97 Å². The SMILES string of the molecule is OCCN(CCO)c1cc(C(F)F)ncn1. The Kier molecular flexibility index (Phi) is 5.00. The highest BCUT2D eigenvalue weighted by Gasteiger charge is 2.13. The molecule has 0 amide bonds. The van der Waals surface area contributed by atoms with E-state index in [0.717, 1.165) is 12.4 Å². The Balaban J connectivity index is 2.86. The molecule has 0 saturated carbocycles. The molecule has 2 N–H and O–H groups in total. The first-order chi connectivity index (χ1) is 7.69. The van der Waals surface area contributed by atoms with Crippen LogP contribution in [0.3, 0.4) is 0 Å². The van der Waals surface area contributed by atoms with Crippen LogP contribution in [0.2, 0.25) is 0 Å². The van der Waals surface area contributed by atoms with Gasteiger partial charge < -0.3 is 15.1 Å². The lowest BCUT2D eigenvalue weighted by Gasteiger charge is -2.21. The fourth-order valence-electron chi connectivity index (χ4n) is 1.24. The van der Waals surface area contributed by atoms with Crippen molar-refractivity contribution in [3.05, 3.63) is 18.1 Å². The molecule has 0 spiro atoms. The largest absolute Gasteiger partial charge is 0.395 e. The number of nitrogens with zero attached hydrogens (tertiary/aromatic N) is 3. The third kappa shape index (κ3) is 3.35. The van der Waals surface area contributed by atoms with Crippen LogP contribution in [0.4, 0.5) is 14.6 Å². The van der Waals surface area contributed by atoms with Crippen molar-refractivity contribution in [2.24, 2.45) is 0 Å². The molecule has 0 aliphatic rings. The van der Waals surface area contributed by atoms with Crippen LogP contribution in [0.15, 0.2) is 12.4 Å². The first-order valence-electron chi connectivity index (χ1n) is 4.75. The lowest BCUT2D eigenvalue weighted by atomic mass is 10.3. The second-order valence-electron chi connectivity index (χ2n) is 3.04. The van der Waals surface area contributed by atoms with Crippen molar-refractivity contribution in [3.63, 3.8) is 0 Å². The molecule has 16 heavy (non-hydrogen) atoms. The van der Waals surface area contributed by atoms with Crippen molar-refractivity contribution in [1.29, 1.82) is 0 Å². The number of anilines is 1. The van der Waals surface area contributed by atoms with Gasteiger partial charge in [-0.1, -0.05) is 0 Å². The molecule has 7 heteroatoms. The number of rotatable bonds is 6. The van der Waals surface area contributed by atoms with Gasteiger partial charge in [-0.25, -0.2) is 18.7 Å². The standard InChI is InChI=1S/C9H13F2N3O2/c10-9(11)7-5-8(13-6-12-7)14(1-3-15)2-4-16/h5-6,9,15-16H,1-4H2. The number of aromatic nitrogens is 2. The van der Waals surface area contributed by atoms with Gasteiger partial charge in [-0.05, 0) is 0 Å².